The Bertz CT molecular complexity index is 366. The molecule has 0 radical (unpaired) electrons. The Kier molecular flexibility index (Phi) is 3.84. The quantitative estimate of drug-likeness (QED) is 0.816. The van der Waals surface area contributed by atoms with Gasteiger partial charge in [0.15, 0.2) is 0 Å². The summed E-state index contributed by atoms with van der Waals surface area (Å²) in [5, 5.41) is 3.42. The Labute approximate surface area is 108 Å². The second-order valence-corrected chi connectivity index (χ2v) is 5.49. The van der Waals surface area contributed by atoms with E-state index in [1.165, 1.54) is 38.5 Å². The summed E-state index contributed by atoms with van der Waals surface area (Å²) in [7, 11) is 0. The van der Waals surface area contributed by atoms with Crippen LogP contribution >= 0.6 is 0 Å². The Morgan fingerprint density at radius 1 is 1.17 bits per heavy atom. The Hall–Kier alpha value is -1.03. The van der Waals surface area contributed by atoms with Crippen LogP contribution in [0.5, 0.6) is 6.08 Å². The summed E-state index contributed by atoms with van der Waals surface area (Å²) >= 11 is 0. The Balaban J connectivity index is 1.48. The number of oxazole rings is 1. The van der Waals surface area contributed by atoms with Crippen LogP contribution in [-0.4, -0.2) is 17.1 Å². The number of aromatic nitrogens is 1. The Morgan fingerprint density at radius 2 is 1.94 bits per heavy atom. The maximum atomic E-state index is 5.83. The van der Waals surface area contributed by atoms with Gasteiger partial charge in [-0.15, -0.1) is 0 Å². The lowest BCUT2D eigenvalue weighted by Crippen LogP contribution is -2.16. The molecule has 0 aliphatic heterocycles. The third-order valence-electron chi connectivity index (χ3n) is 3.75. The van der Waals surface area contributed by atoms with Crippen LogP contribution in [0, 0.1) is 0 Å². The standard InChI is InChI=1S/C14H22N2O2/c1-2-4-6-13(5-3-1)18-14-16-12(10-17-14)9-15-11-7-8-11/h10-11,13,15H,1-9H2. The van der Waals surface area contributed by atoms with Crippen molar-refractivity contribution in [1.29, 1.82) is 0 Å². The normalized spacial score (nSPS) is 21.8. The van der Waals surface area contributed by atoms with E-state index in [0.29, 0.717) is 18.2 Å². The summed E-state index contributed by atoms with van der Waals surface area (Å²) < 4.78 is 11.2. The van der Waals surface area contributed by atoms with E-state index in [0.717, 1.165) is 25.1 Å². The second kappa shape index (κ2) is 5.74. The number of ether oxygens (including phenoxy) is 1. The smallest absolute Gasteiger partial charge is 0.394 e. The fourth-order valence-electron chi connectivity index (χ4n) is 2.46. The van der Waals surface area contributed by atoms with E-state index in [1.807, 2.05) is 0 Å². The van der Waals surface area contributed by atoms with Crippen molar-refractivity contribution in [3.05, 3.63) is 12.0 Å². The highest BCUT2D eigenvalue weighted by molar-refractivity contribution is 5.01. The number of rotatable bonds is 5. The molecule has 2 aliphatic carbocycles. The van der Waals surface area contributed by atoms with E-state index >= 15 is 0 Å². The molecule has 0 atom stereocenters. The van der Waals surface area contributed by atoms with Crippen molar-refractivity contribution in [2.75, 3.05) is 0 Å². The van der Waals surface area contributed by atoms with Gasteiger partial charge in [0, 0.05) is 12.6 Å². The average molecular weight is 250 g/mol. The van der Waals surface area contributed by atoms with Crippen LogP contribution < -0.4 is 10.1 Å². The maximum Gasteiger partial charge on any atom is 0.394 e. The van der Waals surface area contributed by atoms with Crippen molar-refractivity contribution in [1.82, 2.24) is 10.3 Å². The number of hydrogen-bond acceptors (Lipinski definition) is 4. The number of nitrogens with zero attached hydrogens (tertiary/aromatic N) is 1. The molecule has 0 spiro atoms. The molecular formula is C14H22N2O2. The van der Waals surface area contributed by atoms with Crippen molar-refractivity contribution < 1.29 is 9.15 Å². The summed E-state index contributed by atoms with van der Waals surface area (Å²) in [5.74, 6) is 0. The van der Waals surface area contributed by atoms with Crippen LogP contribution in [0.2, 0.25) is 0 Å². The SMILES string of the molecule is c1oc(OC2CCCCCC2)nc1CNC1CC1. The van der Waals surface area contributed by atoms with Gasteiger partial charge in [-0.05, 0) is 38.5 Å². The van der Waals surface area contributed by atoms with Gasteiger partial charge < -0.3 is 14.5 Å². The summed E-state index contributed by atoms with van der Waals surface area (Å²) in [6.45, 7) is 0.794. The highest BCUT2D eigenvalue weighted by Gasteiger charge is 2.21. The summed E-state index contributed by atoms with van der Waals surface area (Å²) in [5.41, 5.74) is 0.950. The molecule has 1 heterocycles. The molecular weight excluding hydrogens is 228 g/mol. The fourth-order valence-corrected chi connectivity index (χ4v) is 2.46. The van der Waals surface area contributed by atoms with Crippen LogP contribution in [0.4, 0.5) is 0 Å². The molecule has 2 aliphatic rings. The van der Waals surface area contributed by atoms with Crippen molar-refractivity contribution in [2.45, 2.75) is 70.1 Å². The first-order valence-electron chi connectivity index (χ1n) is 7.24. The Morgan fingerprint density at radius 3 is 2.67 bits per heavy atom. The first-order chi connectivity index (χ1) is 8.90. The lowest BCUT2D eigenvalue weighted by atomic mass is 10.2. The lowest BCUT2D eigenvalue weighted by molar-refractivity contribution is 0.133. The molecule has 0 bridgehead atoms. The van der Waals surface area contributed by atoms with Crippen LogP contribution in [0.3, 0.4) is 0 Å². The zero-order chi connectivity index (χ0) is 12.2. The third kappa shape index (κ3) is 3.48. The average Bonchev–Trinajstić information content (AvgIpc) is 3.14. The minimum Gasteiger partial charge on any atom is -0.447 e. The predicted molar refractivity (Wildman–Crippen MR) is 68.5 cm³/mol. The molecule has 1 aromatic heterocycles. The first-order valence-corrected chi connectivity index (χ1v) is 7.24. The molecule has 100 valence electrons. The van der Waals surface area contributed by atoms with Gasteiger partial charge in [-0.25, -0.2) is 0 Å². The highest BCUT2D eigenvalue weighted by atomic mass is 16.6. The van der Waals surface area contributed by atoms with Gasteiger partial charge in [-0.1, -0.05) is 12.8 Å². The molecule has 4 heteroatoms. The molecule has 0 aromatic carbocycles. The summed E-state index contributed by atoms with van der Waals surface area (Å²) in [6.07, 6.45) is 12.5. The van der Waals surface area contributed by atoms with Gasteiger partial charge in [0.05, 0.1) is 5.69 Å². The van der Waals surface area contributed by atoms with Crippen LogP contribution in [0.1, 0.15) is 57.1 Å². The van der Waals surface area contributed by atoms with Gasteiger partial charge in [-0.2, -0.15) is 4.98 Å². The van der Waals surface area contributed by atoms with Crippen molar-refractivity contribution in [3.8, 4) is 6.08 Å². The molecule has 0 amide bonds. The van der Waals surface area contributed by atoms with E-state index in [-0.39, 0.29) is 0 Å². The van der Waals surface area contributed by atoms with Gasteiger partial charge in [-0.3, -0.25) is 0 Å². The molecule has 18 heavy (non-hydrogen) atoms. The monoisotopic (exact) mass is 250 g/mol. The van der Waals surface area contributed by atoms with Gasteiger partial charge in [0.25, 0.3) is 0 Å². The topological polar surface area (TPSA) is 47.3 Å². The van der Waals surface area contributed by atoms with Crippen LogP contribution in [0.15, 0.2) is 10.7 Å². The zero-order valence-electron chi connectivity index (χ0n) is 10.9. The van der Waals surface area contributed by atoms with Crippen LogP contribution in [-0.2, 0) is 6.54 Å². The van der Waals surface area contributed by atoms with Crippen molar-refractivity contribution in [2.24, 2.45) is 0 Å². The first kappa shape index (κ1) is 12.0. The minimum absolute atomic E-state index is 0.301. The number of nitrogens with one attached hydrogen (secondary N) is 1. The molecule has 0 unspecified atom stereocenters. The highest BCUT2D eigenvalue weighted by Crippen LogP contribution is 2.23. The molecule has 2 fully saturated rings. The molecule has 2 saturated carbocycles. The largest absolute Gasteiger partial charge is 0.447 e. The lowest BCUT2D eigenvalue weighted by Gasteiger charge is -2.12. The maximum absolute atomic E-state index is 5.83. The predicted octanol–water partition coefficient (Wildman–Crippen LogP) is 3.03. The van der Waals surface area contributed by atoms with Gasteiger partial charge in [0.2, 0.25) is 0 Å². The molecule has 3 rings (SSSR count). The molecule has 1 aromatic rings. The molecule has 1 N–H and O–H groups in total. The van der Waals surface area contributed by atoms with Gasteiger partial charge >= 0.3 is 6.08 Å². The minimum atomic E-state index is 0.301. The van der Waals surface area contributed by atoms with E-state index in [4.69, 9.17) is 9.15 Å². The summed E-state index contributed by atoms with van der Waals surface area (Å²) in [4.78, 5) is 4.38. The van der Waals surface area contributed by atoms with Crippen LogP contribution in [0.25, 0.3) is 0 Å². The number of hydrogen-bond donors (Lipinski definition) is 1. The zero-order valence-corrected chi connectivity index (χ0v) is 10.9. The van der Waals surface area contributed by atoms with E-state index < -0.39 is 0 Å². The van der Waals surface area contributed by atoms with E-state index in [2.05, 4.69) is 10.3 Å². The molecule has 4 nitrogen and oxygen atoms in total. The van der Waals surface area contributed by atoms with Crippen molar-refractivity contribution in [3.63, 3.8) is 0 Å². The van der Waals surface area contributed by atoms with E-state index in [1.54, 1.807) is 6.26 Å². The third-order valence-corrected chi connectivity index (χ3v) is 3.75. The van der Waals surface area contributed by atoms with Gasteiger partial charge in [0.1, 0.15) is 12.4 Å². The second-order valence-electron chi connectivity index (χ2n) is 5.49. The summed E-state index contributed by atoms with van der Waals surface area (Å²) in [6, 6.07) is 0.702. The fraction of sp³-hybridized carbons (Fsp3) is 0.786. The van der Waals surface area contributed by atoms with Crippen molar-refractivity contribution >= 4 is 0 Å². The molecule has 0 saturated heterocycles. The van der Waals surface area contributed by atoms with E-state index in [9.17, 15) is 0 Å².